The maximum atomic E-state index is 14.1. The van der Waals surface area contributed by atoms with Crippen LogP contribution < -0.4 is 15.0 Å². The number of hydrogen-bond donors (Lipinski definition) is 2. The fourth-order valence-corrected chi connectivity index (χ4v) is 7.02. The number of fused-ring (bicyclic) bond motifs is 5. The fraction of sp³-hybridized carbons (Fsp3) is 0.622. The van der Waals surface area contributed by atoms with Crippen LogP contribution in [0.5, 0.6) is 5.75 Å². The molecule has 4 bridgehead atoms. The van der Waals surface area contributed by atoms with Gasteiger partial charge in [-0.05, 0) is 50.8 Å². The van der Waals surface area contributed by atoms with E-state index < -0.39 is 65.7 Å². The molecule has 0 saturated carbocycles. The minimum Gasteiger partial charge on any atom is -0.495 e. The molecule has 2 saturated heterocycles. The number of hydrogen-bond acceptors (Lipinski definition) is 10. The number of nitrogens with one attached hydrogen (secondary N) is 1. The summed E-state index contributed by atoms with van der Waals surface area (Å²) in [6.07, 6.45) is 1.26. The molecule has 1 aromatic carbocycles. The van der Waals surface area contributed by atoms with Crippen LogP contribution >= 0.6 is 11.6 Å². The van der Waals surface area contributed by atoms with Gasteiger partial charge in [0.25, 0.3) is 0 Å². The Bertz CT molecular complexity index is 1560. The molecule has 0 aliphatic carbocycles. The molecule has 1 aromatic rings. The lowest BCUT2D eigenvalue weighted by Gasteiger charge is -2.42. The molecule has 8 atom stereocenters. The van der Waals surface area contributed by atoms with Crippen molar-refractivity contribution in [1.29, 1.82) is 0 Å². The zero-order valence-corrected chi connectivity index (χ0v) is 31.9. The van der Waals surface area contributed by atoms with Gasteiger partial charge in [0.1, 0.15) is 40.7 Å². The zero-order chi connectivity index (χ0) is 38.0. The number of amides is 3. The Balaban J connectivity index is 1.77. The van der Waals surface area contributed by atoms with Gasteiger partial charge in [0.2, 0.25) is 11.8 Å². The van der Waals surface area contributed by atoms with E-state index in [1.165, 1.54) is 31.1 Å². The number of alkyl carbamates (subject to hydrolysis) is 1. The van der Waals surface area contributed by atoms with Crippen molar-refractivity contribution in [2.75, 3.05) is 33.2 Å². The second-order valence-corrected chi connectivity index (χ2v) is 14.9. The highest BCUT2D eigenvalue weighted by Crippen LogP contribution is 2.49. The quantitative estimate of drug-likeness (QED) is 0.301. The molecule has 3 heterocycles. The van der Waals surface area contributed by atoms with Crippen LogP contribution in [-0.4, -0.2) is 104 Å². The molecule has 3 aliphatic rings. The maximum absolute atomic E-state index is 14.1. The minimum absolute atomic E-state index is 0.0442. The largest absolute Gasteiger partial charge is 0.495 e. The molecular weight excluding hydrogens is 682 g/mol. The number of ether oxygens (including phenoxy) is 5. The number of allylic oxidation sites excluding steroid dienone is 3. The van der Waals surface area contributed by atoms with Crippen LogP contribution in [-0.2, 0) is 39.8 Å². The lowest BCUT2D eigenvalue weighted by Crippen LogP contribution is -2.63. The number of methoxy groups -OCH3 is 2. The summed E-state index contributed by atoms with van der Waals surface area (Å²) in [6.45, 7) is 10.8. The molecular formula is C37H52ClN3O10. The third-order valence-corrected chi connectivity index (χ3v) is 10.5. The van der Waals surface area contributed by atoms with Crippen molar-refractivity contribution in [3.05, 3.63) is 46.5 Å². The monoisotopic (exact) mass is 733 g/mol. The summed E-state index contributed by atoms with van der Waals surface area (Å²) in [4.78, 5) is 56.1. The molecule has 0 radical (unpaired) electrons. The number of rotatable bonds is 7. The summed E-state index contributed by atoms with van der Waals surface area (Å²) in [7, 11) is 6.04. The molecule has 0 spiro atoms. The van der Waals surface area contributed by atoms with E-state index in [9.17, 15) is 24.3 Å². The van der Waals surface area contributed by atoms with E-state index in [1.54, 1.807) is 52.1 Å². The Kier molecular flexibility index (Phi) is 12.5. The average Bonchev–Trinajstić information content (AvgIpc) is 3.76. The van der Waals surface area contributed by atoms with Gasteiger partial charge < -0.3 is 38.6 Å². The van der Waals surface area contributed by atoms with E-state index in [4.69, 9.17) is 35.3 Å². The molecule has 2 fully saturated rings. The number of carbonyl (C=O) groups is 4. The third kappa shape index (κ3) is 8.88. The predicted octanol–water partition coefficient (Wildman–Crippen LogP) is 4.56. The van der Waals surface area contributed by atoms with Gasteiger partial charge in [0.05, 0.1) is 25.3 Å². The van der Waals surface area contributed by atoms with Gasteiger partial charge >= 0.3 is 12.1 Å². The van der Waals surface area contributed by atoms with Gasteiger partial charge in [-0.25, -0.2) is 9.59 Å². The lowest BCUT2D eigenvalue weighted by atomic mass is 9.83. The average molecular weight is 734 g/mol. The number of carbonyl (C=O) groups excluding carboxylic acids is 4. The smallest absolute Gasteiger partial charge is 0.409 e. The first kappa shape index (κ1) is 40.1. The molecule has 282 valence electrons. The van der Waals surface area contributed by atoms with Gasteiger partial charge in [0.15, 0.2) is 5.72 Å². The minimum atomic E-state index is -1.82. The van der Waals surface area contributed by atoms with Crippen LogP contribution in [0, 0.1) is 11.8 Å². The number of benzene rings is 1. The van der Waals surface area contributed by atoms with Crippen molar-refractivity contribution in [1.82, 2.24) is 10.2 Å². The molecule has 3 aliphatic heterocycles. The van der Waals surface area contributed by atoms with Gasteiger partial charge in [0, 0.05) is 40.0 Å². The van der Waals surface area contributed by atoms with Crippen LogP contribution in [0.3, 0.4) is 0 Å². The summed E-state index contributed by atoms with van der Waals surface area (Å²) >= 11 is 6.75. The van der Waals surface area contributed by atoms with Crippen molar-refractivity contribution < 1.29 is 48.0 Å². The van der Waals surface area contributed by atoms with Gasteiger partial charge in [-0.3, -0.25) is 14.9 Å². The van der Waals surface area contributed by atoms with Crippen molar-refractivity contribution in [3.8, 4) is 5.75 Å². The van der Waals surface area contributed by atoms with E-state index in [1.807, 2.05) is 26.8 Å². The van der Waals surface area contributed by atoms with E-state index in [0.29, 0.717) is 17.9 Å². The molecule has 2 N–H and O–H groups in total. The van der Waals surface area contributed by atoms with E-state index in [0.717, 1.165) is 11.1 Å². The number of epoxide rings is 1. The molecule has 51 heavy (non-hydrogen) atoms. The number of halogens is 1. The van der Waals surface area contributed by atoms with E-state index in [-0.39, 0.29) is 36.1 Å². The standard InChI is InChI=1S/C37H52ClN3O10/c1-20(2)14-30(42)40(7)23(5)34(44)50-29-18-31(43)41(8)25-16-24(17-26(47-9)32(25)38)15-21(3)12-11-13-28(48-10)37(46)19-27(49-35(45)39-37)22(4)33-36(29,6)51-33/h11-13,16-17,20,22-23,27-29,33,46H,14-15,18-19H2,1-10H3,(H,39,45). The Hall–Kier alpha value is -3.65. The molecule has 13 nitrogen and oxygen atoms in total. The van der Waals surface area contributed by atoms with Crippen molar-refractivity contribution >= 4 is 41.2 Å². The summed E-state index contributed by atoms with van der Waals surface area (Å²) < 4.78 is 29.2. The van der Waals surface area contributed by atoms with Gasteiger partial charge in [-0.15, -0.1) is 0 Å². The van der Waals surface area contributed by atoms with E-state index >= 15 is 0 Å². The van der Waals surface area contributed by atoms with Crippen molar-refractivity contribution in [2.45, 2.75) is 109 Å². The van der Waals surface area contributed by atoms with Crippen molar-refractivity contribution in [2.24, 2.45) is 11.8 Å². The summed E-state index contributed by atoms with van der Waals surface area (Å²) in [5.74, 6) is -1.41. The Morgan fingerprint density at radius 3 is 2.53 bits per heavy atom. The Labute approximate surface area is 305 Å². The molecule has 3 amide bonds. The summed E-state index contributed by atoms with van der Waals surface area (Å²) in [5.41, 5.74) is -0.878. The number of esters is 1. The first-order chi connectivity index (χ1) is 23.8. The normalized spacial score (nSPS) is 30.4. The zero-order valence-electron chi connectivity index (χ0n) is 31.2. The molecule has 4 rings (SSSR count). The topological polar surface area (TPSA) is 156 Å². The van der Waals surface area contributed by atoms with Crippen LogP contribution in [0.15, 0.2) is 35.9 Å². The van der Waals surface area contributed by atoms with Crippen LogP contribution in [0.2, 0.25) is 5.02 Å². The summed E-state index contributed by atoms with van der Waals surface area (Å²) in [5, 5.41) is 14.5. The second kappa shape index (κ2) is 15.9. The van der Waals surface area contributed by atoms with Crippen LogP contribution in [0.1, 0.15) is 66.4 Å². The Morgan fingerprint density at radius 2 is 1.90 bits per heavy atom. The number of anilines is 1. The second-order valence-electron chi connectivity index (χ2n) is 14.5. The number of nitrogens with zero attached hydrogens (tertiary/aromatic N) is 2. The molecule has 14 heteroatoms. The predicted molar refractivity (Wildman–Crippen MR) is 190 cm³/mol. The lowest BCUT2D eigenvalue weighted by molar-refractivity contribution is -0.162. The van der Waals surface area contributed by atoms with Crippen LogP contribution in [0.25, 0.3) is 0 Å². The van der Waals surface area contributed by atoms with Crippen molar-refractivity contribution in [3.63, 3.8) is 0 Å². The van der Waals surface area contributed by atoms with Gasteiger partial charge in [-0.1, -0.05) is 56.2 Å². The number of likely N-dealkylation sites (N-methyl/N-ethyl adjacent to an activating group) is 1. The first-order valence-electron chi connectivity index (χ1n) is 17.2. The SMILES string of the molecule is COc1cc2cc(c1Cl)N(C)C(=O)CC(OC(=O)C(C)N(C)C(=O)CC(C)C)C1(C)OC1C(C)C1CC(O)(NC(=O)O1)C(OC)C=CC=C(C)C2. The van der Waals surface area contributed by atoms with Gasteiger partial charge in [-0.2, -0.15) is 0 Å². The molecule has 0 aromatic heterocycles. The first-order valence-corrected chi connectivity index (χ1v) is 17.6. The molecule has 8 unspecified atom stereocenters. The summed E-state index contributed by atoms with van der Waals surface area (Å²) in [6, 6.07) is 2.64. The Morgan fingerprint density at radius 1 is 1.22 bits per heavy atom. The maximum Gasteiger partial charge on any atom is 0.409 e. The number of aliphatic hydroxyl groups is 1. The highest BCUT2D eigenvalue weighted by Gasteiger charge is 2.64. The fourth-order valence-electron chi connectivity index (χ4n) is 6.71. The highest BCUT2D eigenvalue weighted by molar-refractivity contribution is 6.35. The van der Waals surface area contributed by atoms with E-state index in [2.05, 4.69) is 5.32 Å². The third-order valence-electron chi connectivity index (χ3n) is 10.1. The highest BCUT2D eigenvalue weighted by atomic mass is 35.5. The van der Waals surface area contributed by atoms with Crippen LogP contribution in [0.4, 0.5) is 10.5 Å².